The van der Waals surface area contributed by atoms with E-state index in [0.717, 1.165) is 72.7 Å². The molecule has 0 saturated heterocycles. The van der Waals surface area contributed by atoms with Crippen molar-refractivity contribution < 1.29 is 0 Å². The van der Waals surface area contributed by atoms with Crippen LogP contribution in [0.2, 0.25) is 0 Å². The van der Waals surface area contributed by atoms with Gasteiger partial charge in [0.05, 0.1) is 34.0 Å². The van der Waals surface area contributed by atoms with E-state index in [1.165, 1.54) is 38.8 Å². The second-order valence-electron chi connectivity index (χ2n) is 15.0. The molecule has 2 heterocycles. The molecule has 0 unspecified atom stereocenters. The molecular weight excluding hydrogens is 763 g/mol. The summed E-state index contributed by atoms with van der Waals surface area (Å²) >= 11 is 1.23. The number of allylic oxidation sites excluding steroid dienone is 1. The van der Waals surface area contributed by atoms with Crippen LogP contribution >= 0.6 is 11.7 Å². The minimum atomic E-state index is 0.614. The molecule has 11 rings (SSSR count). The lowest BCUT2D eigenvalue weighted by Crippen LogP contribution is -2.10. The van der Waals surface area contributed by atoms with Gasteiger partial charge in [-0.3, -0.25) is 0 Å². The number of nitriles is 1. The molecule has 11 aromatic rings. The summed E-state index contributed by atoms with van der Waals surface area (Å²) in [7, 11) is 0. The topological polar surface area (TPSA) is 57.7 Å². The predicted molar refractivity (Wildman–Crippen MR) is 254 cm³/mol. The van der Waals surface area contributed by atoms with Gasteiger partial charge in [0.25, 0.3) is 0 Å². The minimum Gasteiger partial charge on any atom is -0.309 e. The lowest BCUT2D eigenvalue weighted by molar-refractivity contribution is 1.19. The molecule has 0 aliphatic carbocycles. The fourth-order valence-electron chi connectivity index (χ4n) is 8.77. The summed E-state index contributed by atoms with van der Waals surface area (Å²) in [6.07, 6.45) is 0. The Bertz CT molecular complexity index is 3420. The molecule has 0 N–H and O–H groups in total. The third-order valence-corrected chi connectivity index (χ3v) is 12.1. The molecule has 0 saturated carbocycles. The number of anilines is 3. The number of para-hydroxylation sites is 2. The van der Waals surface area contributed by atoms with Gasteiger partial charge in [0.15, 0.2) is 0 Å². The Kier molecular flexibility index (Phi) is 9.00. The average Bonchev–Trinajstić information content (AvgIpc) is 3.96. The van der Waals surface area contributed by atoms with Crippen LogP contribution in [0.25, 0.3) is 71.6 Å². The van der Waals surface area contributed by atoms with Crippen molar-refractivity contribution >= 4 is 83.5 Å². The molecule has 6 heteroatoms. The van der Waals surface area contributed by atoms with Crippen molar-refractivity contribution in [1.82, 2.24) is 13.3 Å². The van der Waals surface area contributed by atoms with Crippen molar-refractivity contribution in [3.63, 3.8) is 0 Å². The van der Waals surface area contributed by atoms with E-state index in [0.29, 0.717) is 5.57 Å². The van der Waals surface area contributed by atoms with Crippen LogP contribution in [0.1, 0.15) is 16.7 Å². The lowest BCUT2D eigenvalue weighted by Gasteiger charge is -2.26. The summed E-state index contributed by atoms with van der Waals surface area (Å²) < 4.78 is 12.3. The van der Waals surface area contributed by atoms with E-state index in [-0.39, 0.29) is 0 Å². The fraction of sp³-hybridized carbons (Fsp3) is 0. The summed E-state index contributed by atoms with van der Waals surface area (Å²) in [5.41, 5.74) is 14.5. The number of aromatic nitrogens is 3. The largest absolute Gasteiger partial charge is 0.309 e. The van der Waals surface area contributed by atoms with Gasteiger partial charge in [-0.15, -0.1) is 0 Å². The minimum absolute atomic E-state index is 0.614. The first-order valence-corrected chi connectivity index (χ1v) is 21.0. The highest BCUT2D eigenvalue weighted by atomic mass is 32.1. The van der Waals surface area contributed by atoms with Gasteiger partial charge in [-0.1, -0.05) is 152 Å². The Morgan fingerprint density at radius 2 is 1.13 bits per heavy atom. The standard InChI is InChI=1S/C55H35N5S/c56-36-49(52(39-16-5-1-6-17-39)40-18-7-2-8-19-40)38-25-29-44(30-26-38)59(42-20-9-3-10-21-42)51-34-32-45(53-54(51)58-61-57-53)41-28-33-50-48(35-41)47-31-27-37-15-13-14-24-46(37)55(47)60(50)43-22-11-4-12-23-43/h1-35H. The third kappa shape index (κ3) is 6.24. The van der Waals surface area contributed by atoms with Crippen LogP contribution < -0.4 is 4.90 Å². The summed E-state index contributed by atoms with van der Waals surface area (Å²) in [6.45, 7) is 0. The maximum atomic E-state index is 10.7. The van der Waals surface area contributed by atoms with Gasteiger partial charge in [-0.05, 0) is 88.3 Å². The second-order valence-corrected chi connectivity index (χ2v) is 15.5. The van der Waals surface area contributed by atoms with Crippen molar-refractivity contribution in [2.75, 3.05) is 4.90 Å². The molecule has 0 spiro atoms. The van der Waals surface area contributed by atoms with Crippen LogP contribution in [-0.2, 0) is 0 Å². The van der Waals surface area contributed by atoms with Crippen molar-refractivity contribution in [3.05, 3.63) is 229 Å². The van der Waals surface area contributed by atoms with E-state index in [2.05, 4.69) is 173 Å². The first-order chi connectivity index (χ1) is 30.2. The summed E-state index contributed by atoms with van der Waals surface area (Å²) in [5.74, 6) is 0. The zero-order chi connectivity index (χ0) is 40.7. The van der Waals surface area contributed by atoms with Crippen LogP contribution in [0.3, 0.4) is 0 Å². The number of hydrogen-bond donors (Lipinski definition) is 0. The Labute approximate surface area is 357 Å². The molecule has 0 atom stereocenters. The summed E-state index contributed by atoms with van der Waals surface area (Å²) in [4.78, 5) is 2.23. The van der Waals surface area contributed by atoms with Crippen molar-refractivity contribution in [2.45, 2.75) is 0 Å². The molecule has 2 aromatic heterocycles. The smallest absolute Gasteiger partial charge is 0.129 e. The lowest BCUT2D eigenvalue weighted by atomic mass is 9.90. The number of rotatable bonds is 8. The van der Waals surface area contributed by atoms with Crippen LogP contribution in [0, 0.1) is 11.3 Å². The predicted octanol–water partition coefficient (Wildman–Crippen LogP) is 14.6. The number of benzene rings is 9. The van der Waals surface area contributed by atoms with Crippen molar-refractivity contribution in [3.8, 4) is 22.9 Å². The van der Waals surface area contributed by atoms with Gasteiger partial charge in [-0.2, -0.15) is 14.0 Å². The Balaban J connectivity index is 1.04. The van der Waals surface area contributed by atoms with Gasteiger partial charge < -0.3 is 9.47 Å². The van der Waals surface area contributed by atoms with Crippen molar-refractivity contribution in [2.24, 2.45) is 0 Å². The van der Waals surface area contributed by atoms with E-state index in [1.807, 2.05) is 54.6 Å². The molecule has 9 aromatic carbocycles. The number of fused-ring (bicyclic) bond motifs is 6. The third-order valence-electron chi connectivity index (χ3n) is 11.5. The first kappa shape index (κ1) is 36.0. The van der Waals surface area contributed by atoms with Gasteiger partial charge in [0, 0.05) is 44.4 Å². The van der Waals surface area contributed by atoms with E-state index in [9.17, 15) is 5.26 Å². The molecular formula is C55H35N5S. The van der Waals surface area contributed by atoms with E-state index in [1.54, 1.807) is 0 Å². The molecule has 0 fully saturated rings. The van der Waals surface area contributed by atoms with Crippen LogP contribution in [0.5, 0.6) is 0 Å². The van der Waals surface area contributed by atoms with E-state index < -0.39 is 0 Å². The Hall–Kier alpha value is -8.11. The van der Waals surface area contributed by atoms with E-state index in [4.69, 9.17) is 8.75 Å². The number of nitrogens with zero attached hydrogens (tertiary/aromatic N) is 5. The van der Waals surface area contributed by atoms with Crippen LogP contribution in [-0.4, -0.2) is 13.3 Å². The van der Waals surface area contributed by atoms with E-state index >= 15 is 0 Å². The Morgan fingerprint density at radius 3 is 1.84 bits per heavy atom. The molecule has 0 bridgehead atoms. The van der Waals surface area contributed by atoms with Crippen molar-refractivity contribution in [1.29, 1.82) is 5.26 Å². The maximum absolute atomic E-state index is 10.7. The molecule has 0 amide bonds. The highest BCUT2D eigenvalue weighted by molar-refractivity contribution is 7.00. The monoisotopic (exact) mass is 797 g/mol. The Morgan fingerprint density at radius 1 is 0.508 bits per heavy atom. The SMILES string of the molecule is N#CC(=C(c1ccccc1)c1ccccc1)c1ccc(N(c2ccccc2)c2ccc(-c3ccc4c(c3)c3ccc5ccccc5c3n4-c3ccccc3)c3nsnc23)cc1. The van der Waals surface area contributed by atoms with Gasteiger partial charge in [-0.25, -0.2) is 0 Å². The van der Waals surface area contributed by atoms with Gasteiger partial charge >= 0.3 is 0 Å². The summed E-state index contributed by atoms with van der Waals surface area (Å²) in [5, 5.41) is 15.5. The molecule has 0 radical (unpaired) electrons. The quantitative estimate of drug-likeness (QED) is 0.113. The van der Waals surface area contributed by atoms with Gasteiger partial charge in [0.1, 0.15) is 17.1 Å². The van der Waals surface area contributed by atoms with Crippen LogP contribution in [0.4, 0.5) is 17.1 Å². The number of hydrogen-bond acceptors (Lipinski definition) is 5. The molecule has 0 aliphatic heterocycles. The maximum Gasteiger partial charge on any atom is 0.129 e. The van der Waals surface area contributed by atoms with Gasteiger partial charge in [0.2, 0.25) is 0 Å². The molecule has 61 heavy (non-hydrogen) atoms. The molecule has 5 nitrogen and oxygen atoms in total. The highest BCUT2D eigenvalue weighted by Gasteiger charge is 2.22. The zero-order valence-electron chi connectivity index (χ0n) is 32.9. The highest BCUT2D eigenvalue weighted by Crippen LogP contribution is 2.44. The summed E-state index contributed by atoms with van der Waals surface area (Å²) in [6, 6.07) is 76.3. The molecule has 0 aliphatic rings. The normalized spacial score (nSPS) is 11.3. The average molecular weight is 798 g/mol. The zero-order valence-corrected chi connectivity index (χ0v) is 33.7. The fourth-order valence-corrected chi connectivity index (χ4v) is 9.34. The van der Waals surface area contributed by atoms with Crippen LogP contribution in [0.15, 0.2) is 212 Å². The molecule has 286 valence electrons. The first-order valence-electron chi connectivity index (χ1n) is 20.2. The second kappa shape index (κ2) is 15.2.